The Morgan fingerprint density at radius 2 is 1.19 bits per heavy atom. The van der Waals surface area contributed by atoms with E-state index >= 15 is 0 Å². The second kappa shape index (κ2) is 13.5. The van der Waals surface area contributed by atoms with Gasteiger partial charge in [0.1, 0.15) is 17.0 Å². The third-order valence-electron chi connectivity index (χ3n) is 11.3. The summed E-state index contributed by atoms with van der Waals surface area (Å²) in [7, 11) is 0. The van der Waals surface area contributed by atoms with Crippen LogP contribution in [-0.2, 0) is 0 Å². The molecule has 274 valence electrons. The number of furan rings is 1. The van der Waals surface area contributed by atoms with Gasteiger partial charge in [-0.3, -0.25) is 4.57 Å². The Hall–Kier alpha value is -7.76. The van der Waals surface area contributed by atoms with Gasteiger partial charge in [-0.05, 0) is 72.2 Å². The van der Waals surface area contributed by atoms with E-state index in [4.69, 9.17) is 14.4 Å². The fourth-order valence-corrected chi connectivity index (χ4v) is 8.61. The van der Waals surface area contributed by atoms with E-state index in [1.807, 2.05) is 36.4 Å². The fourth-order valence-electron chi connectivity index (χ4n) is 8.61. The highest BCUT2D eigenvalue weighted by molar-refractivity contribution is 6.21. The van der Waals surface area contributed by atoms with Crippen LogP contribution in [0.5, 0.6) is 0 Å². The van der Waals surface area contributed by atoms with E-state index < -0.39 is 0 Å². The molecule has 4 aromatic heterocycles. The van der Waals surface area contributed by atoms with E-state index in [2.05, 4.69) is 174 Å². The number of hydrogen-bond acceptors (Lipinski definition) is 3. The zero-order valence-corrected chi connectivity index (χ0v) is 31.8. The highest BCUT2D eigenvalue weighted by Crippen LogP contribution is 2.42. The van der Waals surface area contributed by atoms with Crippen LogP contribution in [0.2, 0.25) is 0 Å². The molecule has 0 saturated carbocycles. The van der Waals surface area contributed by atoms with Crippen molar-refractivity contribution in [2.75, 3.05) is 0 Å². The summed E-state index contributed by atoms with van der Waals surface area (Å²) in [5.74, 6) is 1.42. The molecular formula is C53H36N4O. The number of rotatable bonds is 7. The number of para-hydroxylation sites is 3. The predicted molar refractivity (Wildman–Crippen MR) is 241 cm³/mol. The van der Waals surface area contributed by atoms with Gasteiger partial charge in [-0.2, -0.15) is 0 Å². The molecule has 0 unspecified atom stereocenters. The molecule has 0 fully saturated rings. The van der Waals surface area contributed by atoms with Crippen molar-refractivity contribution in [1.82, 2.24) is 19.1 Å². The first-order valence-electron chi connectivity index (χ1n) is 19.5. The summed E-state index contributed by atoms with van der Waals surface area (Å²) >= 11 is 0. The van der Waals surface area contributed by atoms with Crippen LogP contribution in [0.1, 0.15) is 11.3 Å². The molecule has 0 aliphatic rings. The Morgan fingerprint density at radius 3 is 2.00 bits per heavy atom. The van der Waals surface area contributed by atoms with Crippen molar-refractivity contribution in [3.8, 4) is 45.3 Å². The number of aromatic nitrogens is 4. The lowest BCUT2D eigenvalue weighted by molar-refractivity contribution is 0.669. The number of aryl methyl sites for hydroxylation is 1. The monoisotopic (exact) mass is 744 g/mol. The number of allylic oxidation sites excluding steroid dienone is 2. The van der Waals surface area contributed by atoms with E-state index in [1.165, 1.54) is 16.5 Å². The van der Waals surface area contributed by atoms with Crippen LogP contribution < -0.4 is 0 Å². The molecule has 11 aromatic rings. The Bertz CT molecular complexity index is 3400. The quantitative estimate of drug-likeness (QED) is 0.153. The molecule has 5 heteroatoms. The number of hydrogen-bond donors (Lipinski definition) is 0. The van der Waals surface area contributed by atoms with Crippen molar-refractivity contribution >= 4 is 60.7 Å². The van der Waals surface area contributed by atoms with Crippen LogP contribution in [0.25, 0.3) is 106 Å². The number of nitrogens with zero attached hydrogens (tertiary/aromatic N) is 4. The highest BCUT2D eigenvalue weighted by Gasteiger charge is 2.23. The summed E-state index contributed by atoms with van der Waals surface area (Å²) < 4.78 is 11.1. The standard InChI is InChI=1S/C53H36N4O/c1-3-4-21-45-34(2)40-30-31-47-51(52(40)56(45)39-17-9-6-10-18-39)43-20-11-13-22-46(43)57(47)50-33-44(38-28-29-42-41-19-12-14-23-48(41)58-49(42)32-38)54-53(55-50)37-26-24-36(25-27-37)35-15-7-5-8-16-35/h3-33H,1H2,2H3/b21-4-. The van der Waals surface area contributed by atoms with Crippen molar-refractivity contribution in [2.24, 2.45) is 0 Å². The van der Waals surface area contributed by atoms with Gasteiger partial charge in [0.15, 0.2) is 5.82 Å². The van der Waals surface area contributed by atoms with Gasteiger partial charge in [0.2, 0.25) is 0 Å². The van der Waals surface area contributed by atoms with Gasteiger partial charge < -0.3 is 8.98 Å². The van der Waals surface area contributed by atoms with Crippen LogP contribution in [0.4, 0.5) is 0 Å². The summed E-state index contributed by atoms with van der Waals surface area (Å²) in [6, 6.07) is 59.4. The molecule has 0 amide bonds. The second-order valence-corrected chi connectivity index (χ2v) is 14.7. The average Bonchev–Trinajstić information content (AvgIpc) is 3.92. The van der Waals surface area contributed by atoms with Gasteiger partial charge in [-0.1, -0.05) is 140 Å². The van der Waals surface area contributed by atoms with Crippen LogP contribution in [0, 0.1) is 6.92 Å². The van der Waals surface area contributed by atoms with E-state index in [1.54, 1.807) is 0 Å². The molecule has 0 spiro atoms. The Morgan fingerprint density at radius 1 is 0.534 bits per heavy atom. The number of fused-ring (bicyclic) bond motifs is 8. The molecule has 0 radical (unpaired) electrons. The maximum absolute atomic E-state index is 6.37. The highest BCUT2D eigenvalue weighted by atomic mass is 16.3. The molecule has 7 aromatic carbocycles. The van der Waals surface area contributed by atoms with Crippen LogP contribution in [0.15, 0.2) is 193 Å². The molecule has 4 heterocycles. The van der Waals surface area contributed by atoms with E-state index in [-0.39, 0.29) is 0 Å². The van der Waals surface area contributed by atoms with Crippen molar-refractivity contribution in [2.45, 2.75) is 6.92 Å². The lowest BCUT2D eigenvalue weighted by atomic mass is 10.0. The molecular weight excluding hydrogens is 709 g/mol. The Balaban J connectivity index is 1.19. The Labute approximate surface area is 335 Å². The van der Waals surface area contributed by atoms with E-state index in [0.717, 1.165) is 88.8 Å². The molecule has 5 nitrogen and oxygen atoms in total. The van der Waals surface area contributed by atoms with Gasteiger partial charge in [0.25, 0.3) is 0 Å². The van der Waals surface area contributed by atoms with Crippen LogP contribution in [-0.4, -0.2) is 19.1 Å². The minimum absolute atomic E-state index is 0.643. The summed E-state index contributed by atoms with van der Waals surface area (Å²) in [4.78, 5) is 10.7. The second-order valence-electron chi connectivity index (χ2n) is 14.7. The normalized spacial score (nSPS) is 11.9. The molecule has 58 heavy (non-hydrogen) atoms. The molecule has 0 bridgehead atoms. The fraction of sp³-hybridized carbons (Fsp3) is 0.0189. The number of benzene rings is 7. The third-order valence-corrected chi connectivity index (χ3v) is 11.3. The summed E-state index contributed by atoms with van der Waals surface area (Å²) in [6.45, 7) is 6.18. The summed E-state index contributed by atoms with van der Waals surface area (Å²) in [5.41, 5.74) is 13.4. The van der Waals surface area contributed by atoms with Crippen molar-refractivity contribution < 1.29 is 4.42 Å². The van der Waals surface area contributed by atoms with Gasteiger partial charge in [0, 0.05) is 55.5 Å². The molecule has 0 N–H and O–H groups in total. The largest absolute Gasteiger partial charge is 0.456 e. The zero-order valence-electron chi connectivity index (χ0n) is 31.8. The third kappa shape index (κ3) is 5.32. The Kier molecular flexibility index (Phi) is 7.79. The van der Waals surface area contributed by atoms with Gasteiger partial charge >= 0.3 is 0 Å². The lowest BCUT2D eigenvalue weighted by Gasteiger charge is -2.13. The van der Waals surface area contributed by atoms with Crippen LogP contribution >= 0.6 is 0 Å². The van der Waals surface area contributed by atoms with Gasteiger partial charge in [-0.15, -0.1) is 0 Å². The van der Waals surface area contributed by atoms with Crippen LogP contribution in [0.3, 0.4) is 0 Å². The molecule has 11 rings (SSSR count). The molecule has 0 aliphatic carbocycles. The van der Waals surface area contributed by atoms with E-state index in [9.17, 15) is 0 Å². The maximum Gasteiger partial charge on any atom is 0.162 e. The minimum Gasteiger partial charge on any atom is -0.456 e. The lowest BCUT2D eigenvalue weighted by Crippen LogP contribution is -2.02. The zero-order chi connectivity index (χ0) is 38.7. The van der Waals surface area contributed by atoms with Crippen molar-refractivity contribution in [1.29, 1.82) is 0 Å². The first-order chi connectivity index (χ1) is 28.6. The molecule has 0 atom stereocenters. The predicted octanol–water partition coefficient (Wildman–Crippen LogP) is 13.9. The molecule has 0 aliphatic heterocycles. The van der Waals surface area contributed by atoms with E-state index in [0.29, 0.717) is 5.82 Å². The van der Waals surface area contributed by atoms with Crippen molar-refractivity contribution in [3.05, 3.63) is 200 Å². The first-order valence-corrected chi connectivity index (χ1v) is 19.5. The average molecular weight is 745 g/mol. The summed E-state index contributed by atoms with van der Waals surface area (Å²) in [6.07, 6.45) is 6.00. The smallest absolute Gasteiger partial charge is 0.162 e. The van der Waals surface area contributed by atoms with Gasteiger partial charge in [0.05, 0.1) is 22.2 Å². The topological polar surface area (TPSA) is 48.8 Å². The molecule has 0 saturated heterocycles. The SMILES string of the molecule is C=C/C=C\c1c(C)c2ccc3c(c4ccccc4n3-c3cc(-c4ccc5c(c4)oc4ccccc45)nc(-c4ccc(-c5ccccc5)cc4)n3)c2n1-c1ccccc1. The minimum atomic E-state index is 0.643. The maximum atomic E-state index is 6.37. The first kappa shape index (κ1) is 33.6. The van der Waals surface area contributed by atoms with Crippen molar-refractivity contribution in [3.63, 3.8) is 0 Å². The van der Waals surface area contributed by atoms with Gasteiger partial charge in [-0.25, -0.2) is 9.97 Å². The summed E-state index contributed by atoms with van der Waals surface area (Å²) in [5, 5.41) is 5.69.